The third kappa shape index (κ3) is 6.54. The molecule has 0 aliphatic rings. The Morgan fingerprint density at radius 1 is 1.30 bits per heavy atom. The minimum Gasteiger partial charge on any atom is -0.452 e. The van der Waals surface area contributed by atoms with E-state index < -0.39 is 41.2 Å². The molecule has 0 fully saturated rings. The van der Waals surface area contributed by atoms with Crippen molar-refractivity contribution in [2.24, 2.45) is 5.14 Å². The summed E-state index contributed by atoms with van der Waals surface area (Å²) in [6.45, 7) is -2.52. The fraction of sp³-hybridized carbons (Fsp3) is 0.273. The van der Waals surface area contributed by atoms with Gasteiger partial charge in [0, 0.05) is 4.47 Å². The highest BCUT2D eigenvalue weighted by molar-refractivity contribution is 9.10. The molecule has 0 aromatic heterocycles. The van der Waals surface area contributed by atoms with Crippen LogP contribution in [0.15, 0.2) is 27.6 Å². The number of alkyl halides is 3. The second kappa shape index (κ2) is 7.27. The summed E-state index contributed by atoms with van der Waals surface area (Å²) >= 11 is 2.98. The molecular weight excluding hydrogens is 409 g/mol. The van der Waals surface area contributed by atoms with E-state index >= 15 is 0 Å². The van der Waals surface area contributed by atoms with Crippen molar-refractivity contribution in [3.63, 3.8) is 0 Å². The van der Waals surface area contributed by atoms with Gasteiger partial charge in [0.25, 0.3) is 5.91 Å². The SMILES string of the molecule is NS(=O)(=O)c1ccc(Br)c(C(=O)OCC(=O)NCC(F)(F)F)c1. The Morgan fingerprint density at radius 3 is 2.43 bits per heavy atom. The number of carbonyl (C=O) groups is 2. The topological polar surface area (TPSA) is 116 Å². The number of sulfonamides is 1. The Bertz CT molecular complexity index is 721. The zero-order chi connectivity index (χ0) is 17.8. The van der Waals surface area contributed by atoms with Gasteiger partial charge in [-0.25, -0.2) is 18.4 Å². The Hall–Kier alpha value is -1.66. The molecule has 1 aromatic rings. The van der Waals surface area contributed by atoms with Crippen LogP contribution in [0.5, 0.6) is 0 Å². The van der Waals surface area contributed by atoms with Crippen LogP contribution in [0, 0.1) is 0 Å². The summed E-state index contributed by atoms with van der Waals surface area (Å²) in [5, 5.41) is 6.42. The molecule has 3 N–H and O–H groups in total. The first kappa shape index (κ1) is 19.4. The highest BCUT2D eigenvalue weighted by Gasteiger charge is 2.28. The highest BCUT2D eigenvalue weighted by Crippen LogP contribution is 2.21. The Kier molecular flexibility index (Phi) is 6.13. The van der Waals surface area contributed by atoms with E-state index in [4.69, 9.17) is 5.14 Å². The third-order valence-electron chi connectivity index (χ3n) is 2.31. The lowest BCUT2D eigenvalue weighted by Crippen LogP contribution is -2.36. The zero-order valence-corrected chi connectivity index (χ0v) is 13.6. The fourth-order valence-electron chi connectivity index (χ4n) is 1.30. The fourth-order valence-corrected chi connectivity index (χ4v) is 2.24. The molecule has 0 spiro atoms. The molecule has 0 unspecified atom stereocenters. The number of halogens is 4. The van der Waals surface area contributed by atoms with Crippen LogP contribution in [0.4, 0.5) is 13.2 Å². The molecule has 0 saturated carbocycles. The molecule has 0 bridgehead atoms. The molecule has 0 heterocycles. The van der Waals surface area contributed by atoms with E-state index in [-0.39, 0.29) is 14.9 Å². The third-order valence-corrected chi connectivity index (χ3v) is 3.91. The molecule has 0 aliphatic heterocycles. The van der Waals surface area contributed by atoms with Crippen molar-refractivity contribution < 1.29 is 35.9 Å². The number of rotatable bonds is 5. The molecular formula is C11H10BrF3N2O5S. The molecule has 1 aromatic carbocycles. The summed E-state index contributed by atoms with van der Waals surface area (Å²) in [7, 11) is -4.06. The van der Waals surface area contributed by atoms with Crippen molar-refractivity contribution in [2.75, 3.05) is 13.2 Å². The first-order chi connectivity index (χ1) is 10.4. The molecule has 128 valence electrons. The number of nitrogens with two attached hydrogens (primary N) is 1. The molecule has 23 heavy (non-hydrogen) atoms. The van der Waals surface area contributed by atoms with Gasteiger partial charge in [0.1, 0.15) is 6.54 Å². The van der Waals surface area contributed by atoms with Gasteiger partial charge in [0.2, 0.25) is 10.0 Å². The molecule has 1 rings (SSSR count). The van der Waals surface area contributed by atoms with Crippen molar-refractivity contribution in [3.8, 4) is 0 Å². The van der Waals surface area contributed by atoms with Crippen LogP contribution < -0.4 is 10.5 Å². The predicted octanol–water partition coefficient (Wildman–Crippen LogP) is 0.932. The van der Waals surface area contributed by atoms with E-state index in [1.54, 1.807) is 0 Å². The number of benzene rings is 1. The molecule has 0 atom stereocenters. The average molecular weight is 419 g/mol. The maximum atomic E-state index is 11.9. The molecule has 7 nitrogen and oxygen atoms in total. The summed E-state index contributed by atoms with van der Waals surface area (Å²) in [6.07, 6.45) is -4.59. The van der Waals surface area contributed by atoms with Crippen LogP contribution in [-0.2, 0) is 19.6 Å². The van der Waals surface area contributed by atoms with E-state index in [0.29, 0.717) is 0 Å². The zero-order valence-electron chi connectivity index (χ0n) is 11.2. The Balaban J connectivity index is 2.74. The van der Waals surface area contributed by atoms with Crippen LogP contribution in [-0.4, -0.2) is 39.6 Å². The summed E-state index contributed by atoms with van der Waals surface area (Å²) in [5.74, 6) is -2.26. The van der Waals surface area contributed by atoms with Gasteiger partial charge in [-0.05, 0) is 34.1 Å². The number of nitrogens with one attached hydrogen (secondary N) is 1. The number of hydrogen-bond acceptors (Lipinski definition) is 5. The standard InChI is InChI=1S/C11H10BrF3N2O5S/c12-8-2-1-6(23(16,20)21)3-7(8)10(19)22-4-9(18)17-5-11(13,14)15/h1-3H,4-5H2,(H,17,18)(H2,16,20,21). The second-order valence-corrected chi connectivity index (χ2v) is 6.57. The largest absolute Gasteiger partial charge is 0.452 e. The summed E-state index contributed by atoms with van der Waals surface area (Å²) in [6, 6.07) is 3.27. The van der Waals surface area contributed by atoms with Gasteiger partial charge in [-0.15, -0.1) is 0 Å². The van der Waals surface area contributed by atoms with Crippen LogP contribution in [0.25, 0.3) is 0 Å². The van der Waals surface area contributed by atoms with Crippen LogP contribution in [0.1, 0.15) is 10.4 Å². The van der Waals surface area contributed by atoms with E-state index in [9.17, 15) is 31.2 Å². The lowest BCUT2D eigenvalue weighted by Gasteiger charge is -2.10. The normalized spacial score (nSPS) is 11.9. The van der Waals surface area contributed by atoms with Crippen LogP contribution in [0.3, 0.4) is 0 Å². The average Bonchev–Trinajstić information content (AvgIpc) is 2.41. The molecule has 0 saturated heterocycles. The Labute approximate surface area is 137 Å². The van der Waals surface area contributed by atoms with Gasteiger partial charge < -0.3 is 10.1 Å². The predicted molar refractivity (Wildman–Crippen MR) is 74.9 cm³/mol. The second-order valence-electron chi connectivity index (χ2n) is 4.15. The van der Waals surface area contributed by atoms with Gasteiger partial charge in [0.05, 0.1) is 10.5 Å². The van der Waals surface area contributed by atoms with E-state index in [1.807, 2.05) is 0 Å². The van der Waals surface area contributed by atoms with E-state index in [1.165, 1.54) is 11.4 Å². The minimum absolute atomic E-state index is 0.158. The minimum atomic E-state index is -4.59. The van der Waals surface area contributed by atoms with Crippen molar-refractivity contribution in [3.05, 3.63) is 28.2 Å². The van der Waals surface area contributed by atoms with Gasteiger partial charge in [-0.3, -0.25) is 4.79 Å². The van der Waals surface area contributed by atoms with Crippen molar-refractivity contribution >= 4 is 37.8 Å². The summed E-state index contributed by atoms with van der Waals surface area (Å²) in [5.41, 5.74) is -0.250. The first-order valence-electron chi connectivity index (χ1n) is 5.73. The smallest absolute Gasteiger partial charge is 0.405 e. The van der Waals surface area contributed by atoms with E-state index in [2.05, 4.69) is 20.7 Å². The molecule has 1 amide bonds. The van der Waals surface area contributed by atoms with E-state index in [0.717, 1.165) is 12.1 Å². The summed E-state index contributed by atoms with van der Waals surface area (Å²) < 4.78 is 62.8. The number of primary sulfonamides is 1. The van der Waals surface area contributed by atoms with Gasteiger partial charge in [0.15, 0.2) is 6.61 Å². The van der Waals surface area contributed by atoms with Gasteiger partial charge >= 0.3 is 12.1 Å². The first-order valence-corrected chi connectivity index (χ1v) is 8.07. The highest BCUT2D eigenvalue weighted by atomic mass is 79.9. The maximum absolute atomic E-state index is 11.9. The van der Waals surface area contributed by atoms with Gasteiger partial charge in [-0.2, -0.15) is 13.2 Å². The lowest BCUT2D eigenvalue weighted by atomic mass is 10.2. The summed E-state index contributed by atoms with van der Waals surface area (Å²) in [4.78, 5) is 22.5. The van der Waals surface area contributed by atoms with Crippen molar-refractivity contribution in [2.45, 2.75) is 11.1 Å². The monoisotopic (exact) mass is 418 g/mol. The lowest BCUT2D eigenvalue weighted by molar-refractivity contribution is -0.140. The van der Waals surface area contributed by atoms with Gasteiger partial charge in [-0.1, -0.05) is 0 Å². The quantitative estimate of drug-likeness (QED) is 0.690. The number of carbonyl (C=O) groups excluding carboxylic acids is 2. The van der Waals surface area contributed by atoms with Crippen molar-refractivity contribution in [1.29, 1.82) is 0 Å². The maximum Gasteiger partial charge on any atom is 0.405 e. The Morgan fingerprint density at radius 2 is 1.91 bits per heavy atom. The molecule has 0 radical (unpaired) electrons. The number of amides is 1. The number of esters is 1. The number of ether oxygens (including phenoxy) is 1. The van der Waals surface area contributed by atoms with Crippen LogP contribution in [0.2, 0.25) is 0 Å². The molecule has 12 heteroatoms. The molecule has 0 aliphatic carbocycles. The van der Waals surface area contributed by atoms with Crippen molar-refractivity contribution in [1.82, 2.24) is 5.32 Å². The number of hydrogen-bond donors (Lipinski definition) is 2. The van der Waals surface area contributed by atoms with Crippen LogP contribution >= 0.6 is 15.9 Å².